The highest BCUT2D eigenvalue weighted by atomic mass is 31.2. The molecule has 0 fully saturated rings. The predicted octanol–water partition coefficient (Wildman–Crippen LogP) is 1.21. The normalized spacial score (nSPS) is 14.0. The molecule has 9 heavy (non-hydrogen) atoms. The van der Waals surface area contributed by atoms with E-state index in [1.807, 2.05) is 19.6 Å². The molecule has 0 aromatic rings. The van der Waals surface area contributed by atoms with Gasteiger partial charge in [0.1, 0.15) is 6.66 Å². The Balaban J connectivity index is 3.75. The van der Waals surface area contributed by atoms with Gasteiger partial charge in [-0.2, -0.15) is 9.79 Å². The van der Waals surface area contributed by atoms with Gasteiger partial charge in [0, 0.05) is 0 Å². The molecule has 2 N–H and O–H groups in total. The lowest BCUT2D eigenvalue weighted by atomic mass is 11.8. The fourth-order valence-electron chi connectivity index (χ4n) is 0.519. The summed E-state index contributed by atoms with van der Waals surface area (Å²) in [5, 5.41) is 0. The molecule has 0 aromatic heterocycles. The van der Waals surface area contributed by atoms with Crippen LogP contribution in [0.15, 0.2) is 0 Å². The van der Waals surface area contributed by atoms with E-state index in [1.54, 1.807) is 0 Å². The monoisotopic (exact) mass is 169 g/mol. The average molecular weight is 169 g/mol. The summed E-state index contributed by atoms with van der Waals surface area (Å²) in [5.41, 5.74) is 0. The van der Waals surface area contributed by atoms with Crippen molar-refractivity contribution >= 4 is 16.3 Å². The van der Waals surface area contributed by atoms with Gasteiger partial charge >= 0.3 is 7.94 Å². The van der Waals surface area contributed by atoms with Crippen molar-refractivity contribution in [1.29, 1.82) is 0 Å². The van der Waals surface area contributed by atoms with Crippen molar-refractivity contribution in [1.82, 2.24) is 0 Å². The molecule has 0 heterocycles. The zero-order valence-corrected chi connectivity index (χ0v) is 8.14. The summed E-state index contributed by atoms with van der Waals surface area (Å²) in [5.74, 6) is 0. The van der Waals surface area contributed by atoms with Gasteiger partial charge in [-0.25, -0.2) is 4.21 Å². The highest BCUT2D eigenvalue weighted by Crippen LogP contribution is 2.48. The zero-order chi connectivity index (χ0) is 7.71. The Bertz CT molecular complexity index is 81.0. The number of rotatable bonds is 2. The minimum Gasteiger partial charge on any atom is -0.233 e. The minimum atomic E-state index is -2.98. The van der Waals surface area contributed by atoms with Crippen LogP contribution in [0.25, 0.3) is 0 Å². The molecule has 0 aliphatic rings. The van der Waals surface area contributed by atoms with Crippen molar-refractivity contribution in [3.8, 4) is 0 Å². The zero-order valence-electron chi connectivity index (χ0n) is 6.25. The van der Waals surface area contributed by atoms with E-state index in [1.165, 1.54) is 6.66 Å². The number of hydrogen-bond acceptors (Lipinski definition) is 3. The first-order valence-electron chi connectivity index (χ1n) is 2.73. The molecule has 0 spiro atoms. The van der Waals surface area contributed by atoms with Crippen LogP contribution in [0.5, 0.6) is 0 Å². The maximum atomic E-state index is 8.83. The van der Waals surface area contributed by atoms with Gasteiger partial charge in [-0.3, -0.25) is 0 Å². The second-order valence-electron chi connectivity index (χ2n) is 3.04. The van der Waals surface area contributed by atoms with Gasteiger partial charge in [-0.15, -0.1) is 0 Å². The molecule has 0 radical (unpaired) electrons. The average Bonchev–Trinajstić information content (AvgIpc) is 1.14. The van der Waals surface area contributed by atoms with E-state index >= 15 is 0 Å². The van der Waals surface area contributed by atoms with Gasteiger partial charge in [-0.05, 0) is 19.6 Å². The molecule has 0 aliphatic carbocycles. The van der Waals surface area contributed by atoms with Crippen LogP contribution in [-0.4, -0.2) is 24.8 Å². The van der Waals surface area contributed by atoms with Gasteiger partial charge in [-0.1, -0.05) is 0 Å². The van der Waals surface area contributed by atoms with Crippen LogP contribution in [0.2, 0.25) is 19.6 Å². The molecule has 0 aliphatic heterocycles. The third-order valence-corrected chi connectivity index (χ3v) is 4.02. The lowest BCUT2D eigenvalue weighted by Crippen LogP contribution is -2.24. The van der Waals surface area contributed by atoms with Crippen LogP contribution >= 0.6 is 7.94 Å². The Labute approximate surface area is 57.4 Å². The van der Waals surface area contributed by atoms with Crippen LogP contribution in [0.3, 0.4) is 0 Å². The molecule has 0 atom stereocenters. The highest BCUT2D eigenvalue weighted by molar-refractivity contribution is 7.60. The van der Waals surface area contributed by atoms with Crippen molar-refractivity contribution in [3.63, 3.8) is 0 Å². The van der Waals surface area contributed by atoms with E-state index in [9.17, 15) is 0 Å². The molecule has 0 amide bonds. The predicted molar refractivity (Wildman–Crippen MR) is 41.7 cm³/mol. The molecule has 0 bridgehead atoms. The van der Waals surface area contributed by atoms with Crippen molar-refractivity contribution in [3.05, 3.63) is 0 Å². The summed E-state index contributed by atoms with van der Waals surface area (Å²) in [6, 6.07) is 0. The summed E-state index contributed by atoms with van der Waals surface area (Å²) in [4.78, 5) is 17.7. The Morgan fingerprint density at radius 2 is 1.56 bits per heavy atom. The van der Waals surface area contributed by atoms with Crippen LogP contribution < -0.4 is 0 Å². The van der Waals surface area contributed by atoms with E-state index in [4.69, 9.17) is 14.0 Å². The minimum absolute atomic E-state index is 1.32. The summed E-state index contributed by atoms with van der Waals surface area (Å²) in [7, 11) is -4.72. The fraction of sp³-hybridized carbons (Fsp3) is 1.00. The second kappa shape index (κ2) is 2.64. The van der Waals surface area contributed by atoms with Gasteiger partial charge in [0.15, 0.2) is 0 Å². The van der Waals surface area contributed by atoms with E-state index in [0.717, 1.165) is 0 Å². The second-order valence-corrected chi connectivity index (χ2v) is 9.66. The van der Waals surface area contributed by atoms with E-state index in [-0.39, 0.29) is 0 Å². The molecule has 0 saturated heterocycles. The van der Waals surface area contributed by atoms with Crippen LogP contribution in [0.4, 0.5) is 0 Å². The van der Waals surface area contributed by atoms with Crippen molar-refractivity contribution in [2.75, 3.05) is 6.66 Å². The molecule has 0 rings (SSSR count). The maximum Gasteiger partial charge on any atom is 0.391 e. The largest absolute Gasteiger partial charge is 0.391 e. The Kier molecular flexibility index (Phi) is 2.79. The Morgan fingerprint density at radius 3 is 1.56 bits per heavy atom. The Hall–Kier alpha value is 0.527. The van der Waals surface area contributed by atoms with Crippen LogP contribution in [0, 0.1) is 0 Å². The van der Waals surface area contributed by atoms with Gasteiger partial charge in [0.2, 0.25) is 8.32 Å². The summed E-state index contributed by atoms with van der Waals surface area (Å²) in [6.07, 6.45) is 0. The fourth-order valence-corrected chi connectivity index (χ4v) is 4.67. The van der Waals surface area contributed by atoms with Crippen molar-refractivity contribution in [2.45, 2.75) is 19.6 Å². The van der Waals surface area contributed by atoms with Crippen LogP contribution in [-0.2, 0) is 4.21 Å². The molecular formula is C4H14O3PSi+. The topological polar surface area (TPSA) is 49.7 Å². The summed E-state index contributed by atoms with van der Waals surface area (Å²) in [6.45, 7) is 7.07. The molecular weight excluding hydrogens is 155 g/mol. The summed E-state index contributed by atoms with van der Waals surface area (Å²) >= 11 is 0. The van der Waals surface area contributed by atoms with Gasteiger partial charge in [0.25, 0.3) is 0 Å². The number of hydrogen-bond donors (Lipinski definition) is 2. The molecule has 0 saturated carbocycles. The van der Waals surface area contributed by atoms with E-state index in [0.29, 0.717) is 0 Å². The quantitative estimate of drug-likeness (QED) is 0.482. The third kappa shape index (κ3) is 8.53. The smallest absolute Gasteiger partial charge is 0.233 e. The third-order valence-electron chi connectivity index (χ3n) is 0.447. The molecule has 3 nitrogen and oxygen atoms in total. The van der Waals surface area contributed by atoms with Crippen molar-refractivity contribution in [2.24, 2.45) is 0 Å². The summed E-state index contributed by atoms with van der Waals surface area (Å²) < 4.78 is 4.99. The lowest BCUT2D eigenvalue weighted by Gasteiger charge is -2.16. The Morgan fingerprint density at radius 1 is 1.22 bits per heavy atom. The highest BCUT2D eigenvalue weighted by Gasteiger charge is 2.35. The standard InChI is InChI=1S/C4H14O3PSi/c1-8(5,6)7-9(2,3)4/h5-6H,1-4H3/q+1. The van der Waals surface area contributed by atoms with Crippen molar-refractivity contribution < 1.29 is 14.0 Å². The molecule has 56 valence electrons. The first-order chi connectivity index (χ1) is 3.71. The SMILES string of the molecule is C[Si](C)(C)O[P+](C)(O)O. The molecule has 0 aromatic carbocycles. The van der Waals surface area contributed by atoms with Crippen LogP contribution in [0.1, 0.15) is 0 Å². The first-order valence-corrected chi connectivity index (χ1v) is 8.20. The van der Waals surface area contributed by atoms with Gasteiger partial charge in [0.05, 0.1) is 0 Å². The van der Waals surface area contributed by atoms with Gasteiger partial charge < -0.3 is 0 Å². The van der Waals surface area contributed by atoms with E-state index < -0.39 is 16.3 Å². The first kappa shape index (κ1) is 9.53. The molecule has 0 unspecified atom stereocenters. The van der Waals surface area contributed by atoms with E-state index in [2.05, 4.69) is 0 Å². The molecule has 5 heteroatoms. The maximum absolute atomic E-state index is 8.83. The lowest BCUT2D eigenvalue weighted by molar-refractivity contribution is 0.346.